The first-order valence-electron chi connectivity index (χ1n) is 5.55. The van der Waals surface area contributed by atoms with E-state index in [4.69, 9.17) is 0 Å². The summed E-state index contributed by atoms with van der Waals surface area (Å²) in [4.78, 5) is 31.4. The summed E-state index contributed by atoms with van der Waals surface area (Å²) in [7, 11) is 2.55. The van der Waals surface area contributed by atoms with Crippen LogP contribution in [0.2, 0.25) is 0 Å². The maximum absolute atomic E-state index is 11.7. The lowest BCUT2D eigenvalue weighted by Crippen LogP contribution is -2.13. The summed E-state index contributed by atoms with van der Waals surface area (Å²) in [5.41, 5.74) is 1.01. The van der Waals surface area contributed by atoms with Crippen molar-refractivity contribution in [2.24, 2.45) is 0 Å². The largest absolute Gasteiger partial charge is 0.469 e. The van der Waals surface area contributed by atoms with Gasteiger partial charge in [-0.25, -0.2) is 14.8 Å². The number of pyridine rings is 2. The highest BCUT2D eigenvalue weighted by atomic mass is 16.5. The Morgan fingerprint density at radius 3 is 2.74 bits per heavy atom. The van der Waals surface area contributed by atoms with E-state index in [9.17, 15) is 9.59 Å². The van der Waals surface area contributed by atoms with Gasteiger partial charge in [0.1, 0.15) is 0 Å². The second-order valence-electron chi connectivity index (χ2n) is 3.78. The second-order valence-corrected chi connectivity index (χ2v) is 3.78. The van der Waals surface area contributed by atoms with Crippen LogP contribution >= 0.6 is 0 Å². The Hall–Kier alpha value is -2.50. The zero-order valence-corrected chi connectivity index (χ0v) is 10.5. The van der Waals surface area contributed by atoms with Gasteiger partial charge in [-0.3, -0.25) is 4.79 Å². The predicted octanol–water partition coefficient (Wildman–Crippen LogP) is 1.13. The number of aromatic nitrogens is 2. The smallest absolute Gasteiger partial charge is 0.339 e. The van der Waals surface area contributed by atoms with Gasteiger partial charge in [0.05, 0.1) is 31.9 Å². The lowest BCUT2D eigenvalue weighted by Gasteiger charge is -2.07. The van der Waals surface area contributed by atoms with E-state index in [1.165, 1.54) is 14.2 Å². The Morgan fingerprint density at radius 2 is 2.05 bits per heavy atom. The van der Waals surface area contributed by atoms with Crippen LogP contribution in [-0.4, -0.2) is 36.1 Å². The molecule has 0 radical (unpaired) electrons. The topological polar surface area (TPSA) is 78.4 Å². The SMILES string of the molecule is COC(=O)Cc1nc2ncccc2cc1C(=O)OC. The average Bonchev–Trinajstić information content (AvgIpc) is 2.45. The fraction of sp³-hybridized carbons (Fsp3) is 0.231. The van der Waals surface area contributed by atoms with Crippen LogP contribution in [0.15, 0.2) is 24.4 Å². The molecule has 0 aromatic carbocycles. The third kappa shape index (κ3) is 2.67. The lowest BCUT2D eigenvalue weighted by atomic mass is 10.1. The molecule has 2 heterocycles. The highest BCUT2D eigenvalue weighted by Crippen LogP contribution is 2.16. The molecule has 0 saturated heterocycles. The molecule has 98 valence electrons. The van der Waals surface area contributed by atoms with Crippen molar-refractivity contribution in [3.63, 3.8) is 0 Å². The minimum Gasteiger partial charge on any atom is -0.469 e. The highest BCUT2D eigenvalue weighted by molar-refractivity contribution is 5.95. The molecular weight excluding hydrogens is 248 g/mol. The monoisotopic (exact) mass is 260 g/mol. The minimum atomic E-state index is -0.544. The van der Waals surface area contributed by atoms with Crippen LogP contribution in [0.1, 0.15) is 16.1 Å². The van der Waals surface area contributed by atoms with E-state index in [-0.39, 0.29) is 12.0 Å². The van der Waals surface area contributed by atoms with Gasteiger partial charge >= 0.3 is 11.9 Å². The predicted molar refractivity (Wildman–Crippen MR) is 66.6 cm³/mol. The molecule has 19 heavy (non-hydrogen) atoms. The number of hydrogen-bond donors (Lipinski definition) is 0. The van der Waals surface area contributed by atoms with Crippen molar-refractivity contribution in [3.05, 3.63) is 35.7 Å². The van der Waals surface area contributed by atoms with Gasteiger partial charge in [-0.2, -0.15) is 0 Å². The normalized spacial score (nSPS) is 10.2. The number of esters is 2. The molecular formula is C13H12N2O4. The van der Waals surface area contributed by atoms with Gasteiger partial charge in [0.25, 0.3) is 0 Å². The molecule has 0 fully saturated rings. The molecule has 0 unspecified atom stereocenters. The van der Waals surface area contributed by atoms with Crippen molar-refractivity contribution in [2.75, 3.05) is 14.2 Å². The van der Waals surface area contributed by atoms with Gasteiger partial charge in [0.2, 0.25) is 0 Å². The number of carbonyl (C=O) groups is 2. The first-order chi connectivity index (χ1) is 9.15. The molecule has 0 bridgehead atoms. The van der Waals surface area contributed by atoms with E-state index < -0.39 is 11.9 Å². The molecule has 0 aliphatic carbocycles. The number of nitrogens with zero attached hydrogens (tertiary/aromatic N) is 2. The fourth-order valence-electron chi connectivity index (χ4n) is 1.67. The summed E-state index contributed by atoms with van der Waals surface area (Å²) in [6.45, 7) is 0. The molecule has 0 saturated carbocycles. The molecule has 2 aromatic rings. The number of fused-ring (bicyclic) bond motifs is 1. The van der Waals surface area contributed by atoms with Crippen molar-refractivity contribution in [1.29, 1.82) is 0 Å². The van der Waals surface area contributed by atoms with Gasteiger partial charge in [0.15, 0.2) is 5.65 Å². The molecule has 2 rings (SSSR count). The zero-order valence-electron chi connectivity index (χ0n) is 10.5. The highest BCUT2D eigenvalue weighted by Gasteiger charge is 2.18. The fourth-order valence-corrected chi connectivity index (χ4v) is 1.67. The maximum atomic E-state index is 11.7. The van der Waals surface area contributed by atoms with Gasteiger partial charge in [-0.05, 0) is 18.2 Å². The van der Waals surface area contributed by atoms with Crippen molar-refractivity contribution in [3.8, 4) is 0 Å². The van der Waals surface area contributed by atoms with E-state index >= 15 is 0 Å². The first kappa shape index (κ1) is 12.9. The van der Waals surface area contributed by atoms with Gasteiger partial charge in [-0.1, -0.05) is 0 Å². The maximum Gasteiger partial charge on any atom is 0.339 e. The summed E-state index contributed by atoms with van der Waals surface area (Å²) in [6.07, 6.45) is 1.49. The van der Waals surface area contributed by atoms with Gasteiger partial charge < -0.3 is 9.47 Å². The summed E-state index contributed by atoms with van der Waals surface area (Å²) in [6, 6.07) is 5.13. The van der Waals surface area contributed by atoms with Crippen LogP contribution in [0.5, 0.6) is 0 Å². The molecule has 0 aliphatic heterocycles. The van der Waals surface area contributed by atoms with Crippen LogP contribution in [-0.2, 0) is 20.7 Å². The van der Waals surface area contributed by atoms with Crippen LogP contribution in [0.4, 0.5) is 0 Å². The van der Waals surface area contributed by atoms with Gasteiger partial charge in [0, 0.05) is 11.6 Å². The second kappa shape index (κ2) is 5.43. The Morgan fingerprint density at radius 1 is 1.26 bits per heavy atom. The molecule has 6 nitrogen and oxygen atoms in total. The van der Waals surface area contributed by atoms with E-state index in [1.54, 1.807) is 24.4 Å². The number of hydrogen-bond acceptors (Lipinski definition) is 6. The lowest BCUT2D eigenvalue weighted by molar-refractivity contribution is -0.139. The average molecular weight is 260 g/mol. The van der Waals surface area contributed by atoms with Crippen LogP contribution in [0.3, 0.4) is 0 Å². The molecule has 0 spiro atoms. The van der Waals surface area contributed by atoms with Crippen molar-refractivity contribution in [1.82, 2.24) is 9.97 Å². The molecule has 2 aromatic heterocycles. The van der Waals surface area contributed by atoms with E-state index in [0.717, 1.165) is 0 Å². The van der Waals surface area contributed by atoms with Crippen molar-refractivity contribution >= 4 is 23.0 Å². The van der Waals surface area contributed by atoms with E-state index in [0.29, 0.717) is 16.7 Å². The summed E-state index contributed by atoms with van der Waals surface area (Å²) in [5, 5.41) is 0.705. The third-order valence-electron chi connectivity index (χ3n) is 2.61. The molecule has 0 N–H and O–H groups in total. The Labute approximate surface area is 109 Å². The Balaban J connectivity index is 2.57. The van der Waals surface area contributed by atoms with Crippen molar-refractivity contribution < 1.29 is 19.1 Å². The van der Waals surface area contributed by atoms with Gasteiger partial charge in [-0.15, -0.1) is 0 Å². The summed E-state index contributed by atoms with van der Waals surface area (Å²) in [5.74, 6) is -1.02. The number of ether oxygens (including phenoxy) is 2. The summed E-state index contributed by atoms with van der Waals surface area (Å²) >= 11 is 0. The summed E-state index contributed by atoms with van der Waals surface area (Å²) < 4.78 is 9.27. The molecule has 0 amide bonds. The van der Waals surface area contributed by atoms with E-state index in [2.05, 4.69) is 19.4 Å². The number of rotatable bonds is 3. The Bertz CT molecular complexity index is 640. The van der Waals surface area contributed by atoms with Crippen LogP contribution < -0.4 is 0 Å². The van der Waals surface area contributed by atoms with Crippen molar-refractivity contribution in [2.45, 2.75) is 6.42 Å². The van der Waals surface area contributed by atoms with E-state index in [1.807, 2.05) is 0 Å². The molecule has 0 aliphatic rings. The number of carbonyl (C=O) groups excluding carboxylic acids is 2. The van der Waals surface area contributed by atoms with Crippen LogP contribution in [0, 0.1) is 0 Å². The molecule has 0 atom stereocenters. The Kier molecular flexibility index (Phi) is 3.70. The molecule has 6 heteroatoms. The van der Waals surface area contributed by atoms with Crippen LogP contribution in [0.25, 0.3) is 11.0 Å². The number of methoxy groups -OCH3 is 2. The quantitative estimate of drug-likeness (QED) is 0.770. The minimum absolute atomic E-state index is 0.104. The first-order valence-corrected chi connectivity index (χ1v) is 5.55. The third-order valence-corrected chi connectivity index (χ3v) is 2.61. The standard InChI is InChI=1S/C13H12N2O4/c1-18-11(16)7-10-9(13(17)19-2)6-8-4-3-5-14-12(8)15-10/h3-6H,7H2,1-2H3. The zero-order chi connectivity index (χ0) is 13.8.